The van der Waals surface area contributed by atoms with E-state index >= 15 is 0 Å². The van der Waals surface area contributed by atoms with Gasteiger partial charge in [0.15, 0.2) is 17.2 Å². The zero-order valence-electron chi connectivity index (χ0n) is 20.6. The van der Waals surface area contributed by atoms with E-state index < -0.39 is 45.2 Å². The molecule has 5 rings (SSSR count). The maximum Gasteiger partial charge on any atom is 0.490 e. The molecule has 3 aromatic rings. The van der Waals surface area contributed by atoms with Gasteiger partial charge in [0.2, 0.25) is 10.0 Å². The lowest BCUT2D eigenvalue weighted by Gasteiger charge is -2.27. The van der Waals surface area contributed by atoms with E-state index in [1.54, 1.807) is 13.0 Å². The van der Waals surface area contributed by atoms with Crippen molar-refractivity contribution < 1.29 is 49.8 Å². The van der Waals surface area contributed by atoms with Crippen LogP contribution in [-0.2, 0) is 21.0 Å². The molecule has 0 atom stereocenters. The molecule has 0 aliphatic heterocycles. The second-order valence-corrected chi connectivity index (χ2v) is 11.6. The largest absolute Gasteiger partial charge is 0.490 e. The smallest absolute Gasteiger partial charge is 0.475 e. The SMILES string of the molecule is Cc1ccc(S(=O)(=O)NC23CCC(O)(CC2)C3)cc1-c1cnc2c(N)nc(C(F)(F)F)cn12.O=C(O)C(F)(F)F. The monoisotopic (exact) mass is 595 g/mol. The molecular weight excluding hydrogens is 572 g/mol. The third-order valence-electron chi connectivity index (χ3n) is 7.00. The topological polar surface area (TPSA) is 160 Å². The van der Waals surface area contributed by atoms with Crippen molar-refractivity contribution in [2.75, 3.05) is 5.73 Å². The lowest BCUT2D eigenvalue weighted by atomic mass is 9.94. The Hall–Kier alpha value is -3.44. The lowest BCUT2D eigenvalue weighted by Crippen LogP contribution is -2.44. The maximum atomic E-state index is 13.3. The predicted octanol–water partition coefficient (Wildman–Crippen LogP) is 3.66. The molecule has 17 heteroatoms. The fourth-order valence-corrected chi connectivity index (χ4v) is 6.54. The van der Waals surface area contributed by atoms with Crippen LogP contribution in [0.3, 0.4) is 0 Å². The standard InChI is InChI=1S/C21H22F3N5O3S.C2HF3O2/c1-12-2-3-13(33(31,32)28-19-4-6-20(30,11-19)7-5-19)8-14(12)15-9-26-18-17(25)27-16(10-29(15)18)21(22,23)24;3-2(4,5)1(6)7/h2-3,8-10,28,30H,4-7,11H2,1H3,(H2,25,27);(H,6,7). The van der Waals surface area contributed by atoms with Crippen molar-refractivity contribution in [2.24, 2.45) is 0 Å². The molecule has 0 unspecified atom stereocenters. The fraction of sp³-hybridized carbons (Fsp3) is 0.435. The molecule has 10 nitrogen and oxygen atoms in total. The van der Waals surface area contributed by atoms with Crippen LogP contribution in [0.1, 0.15) is 43.4 Å². The average molecular weight is 596 g/mol. The van der Waals surface area contributed by atoms with Gasteiger partial charge in [-0.1, -0.05) is 6.07 Å². The second kappa shape index (κ2) is 9.59. The fourth-order valence-electron chi connectivity index (χ4n) is 5.05. The number of halogens is 6. The summed E-state index contributed by atoms with van der Waals surface area (Å²) in [6.07, 6.45) is -5.07. The van der Waals surface area contributed by atoms with Gasteiger partial charge >= 0.3 is 18.3 Å². The third kappa shape index (κ3) is 5.71. The van der Waals surface area contributed by atoms with Crippen molar-refractivity contribution in [3.8, 4) is 11.3 Å². The van der Waals surface area contributed by atoms with E-state index in [1.165, 1.54) is 22.7 Å². The molecule has 40 heavy (non-hydrogen) atoms. The zero-order chi connectivity index (χ0) is 29.9. The normalized spacial score (nSPS) is 22.8. The Kier molecular flexibility index (Phi) is 7.08. The van der Waals surface area contributed by atoms with Gasteiger partial charge in [-0.2, -0.15) is 26.3 Å². The molecule has 0 saturated heterocycles. The molecule has 0 amide bonds. The highest BCUT2D eigenvalue weighted by Crippen LogP contribution is 2.51. The van der Waals surface area contributed by atoms with Crippen LogP contribution in [0.25, 0.3) is 16.9 Å². The number of nitrogens with two attached hydrogens (primary N) is 1. The maximum absolute atomic E-state index is 13.3. The van der Waals surface area contributed by atoms with Gasteiger partial charge in [0.1, 0.15) is 0 Å². The van der Waals surface area contributed by atoms with Gasteiger partial charge in [-0.05, 0) is 56.7 Å². The Labute approximate surface area is 222 Å². The van der Waals surface area contributed by atoms with Crippen LogP contribution in [0, 0.1) is 6.92 Å². The Morgan fingerprint density at radius 2 is 1.73 bits per heavy atom. The first-order chi connectivity index (χ1) is 18.3. The van der Waals surface area contributed by atoms with Crippen molar-refractivity contribution in [1.82, 2.24) is 19.1 Å². The summed E-state index contributed by atoms with van der Waals surface area (Å²) in [6, 6.07) is 4.46. The Balaban J connectivity index is 0.000000470. The van der Waals surface area contributed by atoms with Crippen molar-refractivity contribution in [3.05, 3.63) is 41.9 Å². The van der Waals surface area contributed by atoms with Crippen molar-refractivity contribution in [3.63, 3.8) is 0 Å². The summed E-state index contributed by atoms with van der Waals surface area (Å²) >= 11 is 0. The molecule has 2 aliphatic carbocycles. The summed E-state index contributed by atoms with van der Waals surface area (Å²) in [4.78, 5) is 16.3. The number of alkyl halides is 6. The van der Waals surface area contributed by atoms with E-state index in [1.807, 2.05) is 0 Å². The molecule has 2 bridgehead atoms. The first-order valence-corrected chi connectivity index (χ1v) is 13.1. The number of carbonyl (C=O) groups is 1. The minimum absolute atomic E-state index is 0.0205. The first kappa shape index (κ1) is 29.5. The number of nitrogens with one attached hydrogen (secondary N) is 1. The number of hydrogen-bond acceptors (Lipinski definition) is 7. The molecule has 2 fully saturated rings. The lowest BCUT2D eigenvalue weighted by molar-refractivity contribution is -0.192. The minimum atomic E-state index is -5.08. The second-order valence-electron chi connectivity index (χ2n) is 9.91. The van der Waals surface area contributed by atoms with Crippen LogP contribution in [0.5, 0.6) is 0 Å². The van der Waals surface area contributed by atoms with Gasteiger partial charge in [-0.15, -0.1) is 0 Å². The number of aryl methyl sites for hydroxylation is 1. The van der Waals surface area contributed by atoms with E-state index in [2.05, 4.69) is 14.7 Å². The van der Waals surface area contributed by atoms with Crippen molar-refractivity contribution in [1.29, 1.82) is 0 Å². The average Bonchev–Trinajstić information content (AvgIpc) is 3.48. The summed E-state index contributed by atoms with van der Waals surface area (Å²) in [7, 11) is -3.95. The van der Waals surface area contributed by atoms with E-state index in [4.69, 9.17) is 15.6 Å². The number of rotatable bonds is 4. The summed E-state index contributed by atoms with van der Waals surface area (Å²) in [6.45, 7) is 1.72. The molecular formula is C23H23F6N5O5S. The Bertz CT molecular complexity index is 1580. The van der Waals surface area contributed by atoms with Crippen LogP contribution in [0.15, 0.2) is 35.5 Å². The summed E-state index contributed by atoms with van der Waals surface area (Å²) < 4.78 is 102. The van der Waals surface area contributed by atoms with Gasteiger partial charge in [0.05, 0.1) is 22.4 Å². The molecule has 2 aliphatic rings. The van der Waals surface area contributed by atoms with Gasteiger partial charge in [0.25, 0.3) is 0 Å². The highest BCUT2D eigenvalue weighted by molar-refractivity contribution is 7.89. The van der Waals surface area contributed by atoms with Gasteiger partial charge in [-0.25, -0.2) is 27.9 Å². The van der Waals surface area contributed by atoms with E-state index in [-0.39, 0.29) is 22.1 Å². The Morgan fingerprint density at radius 1 is 1.12 bits per heavy atom. The number of carboxylic acid groups (broad SMARTS) is 1. The number of nitrogen functional groups attached to an aromatic ring is 1. The Morgan fingerprint density at radius 3 is 2.23 bits per heavy atom. The molecule has 0 radical (unpaired) electrons. The number of nitrogens with zero attached hydrogens (tertiary/aromatic N) is 3. The molecule has 218 valence electrons. The van der Waals surface area contributed by atoms with Crippen LogP contribution in [0.4, 0.5) is 32.2 Å². The number of hydrogen-bond donors (Lipinski definition) is 4. The zero-order valence-corrected chi connectivity index (χ0v) is 21.5. The quantitative estimate of drug-likeness (QED) is 0.333. The molecule has 1 aromatic carbocycles. The van der Waals surface area contributed by atoms with Crippen molar-refractivity contribution in [2.45, 2.75) is 67.4 Å². The molecule has 2 saturated carbocycles. The highest BCUT2D eigenvalue weighted by atomic mass is 32.2. The summed E-state index contributed by atoms with van der Waals surface area (Å²) in [5, 5.41) is 17.6. The molecule has 5 N–H and O–H groups in total. The van der Waals surface area contributed by atoms with Crippen LogP contribution < -0.4 is 10.5 Å². The number of fused-ring (bicyclic) bond motifs is 3. The number of aromatic nitrogens is 3. The highest BCUT2D eigenvalue weighted by Gasteiger charge is 2.55. The number of aliphatic carboxylic acids is 1. The number of benzene rings is 1. The van der Waals surface area contributed by atoms with Gasteiger partial charge < -0.3 is 15.9 Å². The van der Waals surface area contributed by atoms with E-state index in [9.17, 15) is 39.9 Å². The van der Waals surface area contributed by atoms with E-state index in [0.29, 0.717) is 43.2 Å². The van der Waals surface area contributed by atoms with Crippen LogP contribution in [-0.4, -0.2) is 56.3 Å². The van der Waals surface area contributed by atoms with E-state index in [0.717, 1.165) is 6.20 Å². The first-order valence-electron chi connectivity index (χ1n) is 11.6. The molecule has 0 spiro atoms. The van der Waals surface area contributed by atoms with Gasteiger partial charge in [-0.3, -0.25) is 4.40 Å². The molecule has 2 aromatic heterocycles. The van der Waals surface area contributed by atoms with Gasteiger partial charge in [0, 0.05) is 17.3 Å². The van der Waals surface area contributed by atoms with Crippen LogP contribution in [0.2, 0.25) is 0 Å². The number of imidazole rings is 1. The van der Waals surface area contributed by atoms with Crippen molar-refractivity contribution >= 4 is 27.5 Å². The number of anilines is 1. The number of sulfonamides is 1. The number of aliphatic hydroxyl groups is 1. The number of carboxylic acids is 1. The van der Waals surface area contributed by atoms with Crippen LogP contribution >= 0.6 is 0 Å². The summed E-state index contributed by atoms with van der Waals surface area (Å²) in [5.41, 5.74) is 4.37. The third-order valence-corrected chi connectivity index (χ3v) is 8.58. The predicted molar refractivity (Wildman–Crippen MR) is 127 cm³/mol. The summed E-state index contributed by atoms with van der Waals surface area (Å²) in [5.74, 6) is -3.14. The minimum Gasteiger partial charge on any atom is -0.475 e. The molecule has 2 heterocycles.